The van der Waals surface area contributed by atoms with Gasteiger partial charge in [-0.25, -0.2) is 14.0 Å². The number of hydrogen-bond acceptors (Lipinski definition) is 6. The number of carbonyl (C=O) groups is 2. The number of aliphatic carboxylic acids is 1. The lowest BCUT2D eigenvalue weighted by atomic mass is 9.88. The molecule has 3 aromatic carbocycles. The summed E-state index contributed by atoms with van der Waals surface area (Å²) in [6.45, 7) is -0.473. The molecule has 1 aliphatic heterocycles. The highest BCUT2D eigenvalue weighted by atomic mass is 35.5. The number of nitrogens with zero attached hydrogens (tertiary/aromatic N) is 2. The van der Waals surface area contributed by atoms with Crippen molar-refractivity contribution in [2.75, 3.05) is 13.2 Å². The van der Waals surface area contributed by atoms with Gasteiger partial charge in [-0.3, -0.25) is 4.90 Å². The highest BCUT2D eigenvalue weighted by molar-refractivity contribution is 6.30. The summed E-state index contributed by atoms with van der Waals surface area (Å²) in [5.41, 5.74) is 2.89. The first kappa shape index (κ1) is 23.6. The van der Waals surface area contributed by atoms with Crippen LogP contribution in [-0.4, -0.2) is 40.4 Å². The minimum absolute atomic E-state index is 0.118. The zero-order valence-corrected chi connectivity index (χ0v) is 19.6. The van der Waals surface area contributed by atoms with Crippen LogP contribution in [0.2, 0.25) is 5.02 Å². The quantitative estimate of drug-likeness (QED) is 0.372. The van der Waals surface area contributed by atoms with Gasteiger partial charge in [-0.1, -0.05) is 35.0 Å². The van der Waals surface area contributed by atoms with Crippen LogP contribution >= 0.6 is 11.6 Å². The third-order valence-corrected chi connectivity index (χ3v) is 6.21. The molecule has 5 rings (SSSR count). The van der Waals surface area contributed by atoms with Crippen molar-refractivity contribution in [2.24, 2.45) is 0 Å². The number of rotatable bonds is 6. The molecule has 36 heavy (non-hydrogen) atoms. The van der Waals surface area contributed by atoms with E-state index >= 15 is 0 Å². The molecule has 0 aliphatic carbocycles. The van der Waals surface area contributed by atoms with Gasteiger partial charge in [0, 0.05) is 22.5 Å². The number of ether oxygens (including phenoxy) is 2. The summed E-state index contributed by atoms with van der Waals surface area (Å²) >= 11 is 6.28. The molecule has 0 radical (unpaired) electrons. The Kier molecular flexibility index (Phi) is 6.47. The second-order valence-electron chi connectivity index (χ2n) is 8.23. The van der Waals surface area contributed by atoms with E-state index in [1.807, 2.05) is 18.2 Å². The average Bonchev–Trinajstić information content (AvgIpc) is 3.28. The number of benzene rings is 3. The van der Waals surface area contributed by atoms with Crippen molar-refractivity contribution in [3.63, 3.8) is 0 Å². The number of amides is 1. The van der Waals surface area contributed by atoms with Crippen molar-refractivity contribution >= 4 is 34.6 Å². The normalized spacial score (nSPS) is 14.9. The van der Waals surface area contributed by atoms with Crippen LogP contribution in [0.1, 0.15) is 28.4 Å². The monoisotopic (exact) mass is 510 g/mol. The Balaban J connectivity index is 1.49. The van der Waals surface area contributed by atoms with E-state index in [1.54, 1.807) is 30.3 Å². The maximum absolute atomic E-state index is 14.0. The van der Waals surface area contributed by atoms with Crippen LogP contribution in [0.3, 0.4) is 0 Å². The molecule has 0 saturated carbocycles. The van der Waals surface area contributed by atoms with Crippen LogP contribution in [0.4, 0.5) is 9.18 Å². The zero-order chi connectivity index (χ0) is 25.2. The Hall–Kier alpha value is -4.11. The van der Waals surface area contributed by atoms with Crippen molar-refractivity contribution in [1.82, 2.24) is 10.1 Å². The number of fused-ring (bicyclic) bond motifs is 2. The molecule has 4 aromatic rings. The minimum atomic E-state index is -1.15. The maximum Gasteiger partial charge on any atom is 0.410 e. The molecule has 1 N–H and O–H groups in total. The van der Waals surface area contributed by atoms with Crippen molar-refractivity contribution < 1.29 is 33.1 Å². The third-order valence-electron chi connectivity index (χ3n) is 5.97. The molecule has 0 fully saturated rings. The Morgan fingerprint density at radius 1 is 1.14 bits per heavy atom. The highest BCUT2D eigenvalue weighted by Crippen LogP contribution is 2.41. The number of carbonyl (C=O) groups excluding carboxylic acids is 1. The first-order chi connectivity index (χ1) is 17.4. The lowest BCUT2D eigenvalue weighted by Crippen LogP contribution is -2.41. The van der Waals surface area contributed by atoms with Crippen LogP contribution in [0.5, 0.6) is 5.75 Å². The van der Waals surface area contributed by atoms with E-state index in [-0.39, 0.29) is 18.9 Å². The van der Waals surface area contributed by atoms with Crippen LogP contribution in [0, 0.1) is 5.82 Å². The molecule has 0 bridgehead atoms. The molecular formula is C26H20ClFN2O6. The fourth-order valence-electron chi connectivity index (χ4n) is 4.39. The standard InChI is InChI=1S/C26H20ClFN2O6/c27-16-5-8-22(34-14-24(31)32)20(12-16)25-18-7-6-17(28)11-15(18)9-10-30(25)26(33)35-13-21-19-3-1-2-4-23(19)36-29-21/h1-8,11-12,25H,9-10,13-14H2,(H,31,32). The molecule has 1 unspecified atom stereocenters. The van der Waals surface area contributed by atoms with Crippen LogP contribution < -0.4 is 4.74 Å². The summed E-state index contributed by atoms with van der Waals surface area (Å²) in [7, 11) is 0. The van der Waals surface area contributed by atoms with Gasteiger partial charge in [0.05, 0.1) is 6.04 Å². The SMILES string of the molecule is O=C(O)COc1ccc(Cl)cc1C1c2ccc(F)cc2CCN1C(=O)OCc1noc2ccccc12. The fourth-order valence-corrected chi connectivity index (χ4v) is 4.57. The number of para-hydroxylation sites is 1. The maximum atomic E-state index is 14.0. The summed E-state index contributed by atoms with van der Waals surface area (Å²) in [6, 6.07) is 15.5. The van der Waals surface area contributed by atoms with Gasteiger partial charge in [0.25, 0.3) is 0 Å². The topological polar surface area (TPSA) is 102 Å². The van der Waals surface area contributed by atoms with E-state index < -0.39 is 30.5 Å². The molecule has 184 valence electrons. The number of hydrogen-bond donors (Lipinski definition) is 1. The number of carboxylic acid groups (broad SMARTS) is 1. The van der Waals surface area contributed by atoms with Crippen molar-refractivity contribution in [3.8, 4) is 5.75 Å². The summed E-state index contributed by atoms with van der Waals surface area (Å²) in [4.78, 5) is 26.0. The van der Waals surface area contributed by atoms with E-state index in [2.05, 4.69) is 5.16 Å². The van der Waals surface area contributed by atoms with Crippen molar-refractivity contribution in [1.29, 1.82) is 0 Å². The minimum Gasteiger partial charge on any atom is -0.482 e. The smallest absolute Gasteiger partial charge is 0.410 e. The van der Waals surface area contributed by atoms with E-state index in [9.17, 15) is 14.0 Å². The number of carboxylic acids is 1. The molecule has 10 heteroatoms. The molecule has 2 heterocycles. The summed E-state index contributed by atoms with van der Waals surface area (Å²) in [6.07, 6.45) is -0.233. The first-order valence-corrected chi connectivity index (χ1v) is 11.5. The van der Waals surface area contributed by atoms with Gasteiger partial charge in [0.15, 0.2) is 12.2 Å². The zero-order valence-electron chi connectivity index (χ0n) is 18.8. The predicted molar refractivity (Wildman–Crippen MR) is 127 cm³/mol. The predicted octanol–water partition coefficient (Wildman–Crippen LogP) is 5.37. The Morgan fingerprint density at radius 2 is 1.97 bits per heavy atom. The Bertz CT molecular complexity index is 1460. The van der Waals surface area contributed by atoms with E-state index in [4.69, 9.17) is 30.7 Å². The molecule has 1 amide bonds. The molecule has 1 aliphatic rings. The number of aromatic nitrogens is 1. The van der Waals surface area contributed by atoms with Crippen LogP contribution in [0.25, 0.3) is 11.0 Å². The van der Waals surface area contributed by atoms with Gasteiger partial charge in [0.2, 0.25) is 0 Å². The van der Waals surface area contributed by atoms with Crippen LogP contribution in [0.15, 0.2) is 65.2 Å². The van der Waals surface area contributed by atoms with Gasteiger partial charge in [-0.15, -0.1) is 0 Å². The average molecular weight is 511 g/mol. The Labute approximate surface area is 209 Å². The number of halogens is 2. The molecule has 0 spiro atoms. The second kappa shape index (κ2) is 9.87. The molecule has 8 nitrogen and oxygen atoms in total. The second-order valence-corrected chi connectivity index (χ2v) is 8.67. The first-order valence-electron chi connectivity index (χ1n) is 11.1. The van der Waals surface area contributed by atoms with Crippen molar-refractivity contribution in [2.45, 2.75) is 19.1 Å². The molecule has 1 aromatic heterocycles. The third kappa shape index (κ3) is 4.70. The molecular weight excluding hydrogens is 491 g/mol. The largest absolute Gasteiger partial charge is 0.482 e. The lowest BCUT2D eigenvalue weighted by Gasteiger charge is -2.37. The van der Waals surface area contributed by atoms with Gasteiger partial charge >= 0.3 is 12.1 Å². The van der Waals surface area contributed by atoms with Crippen molar-refractivity contribution in [3.05, 3.63) is 93.9 Å². The van der Waals surface area contributed by atoms with E-state index in [0.717, 1.165) is 10.9 Å². The molecule has 0 saturated heterocycles. The lowest BCUT2D eigenvalue weighted by molar-refractivity contribution is -0.139. The summed E-state index contributed by atoms with van der Waals surface area (Å²) in [5.74, 6) is -1.31. The molecule has 1 atom stereocenters. The summed E-state index contributed by atoms with van der Waals surface area (Å²) < 4.78 is 30.4. The summed E-state index contributed by atoms with van der Waals surface area (Å²) in [5, 5.41) is 14.2. The van der Waals surface area contributed by atoms with Gasteiger partial charge in [0.1, 0.15) is 23.9 Å². The van der Waals surface area contributed by atoms with Gasteiger partial charge in [-0.2, -0.15) is 0 Å². The van der Waals surface area contributed by atoms with Gasteiger partial charge in [-0.05, 0) is 60.0 Å². The highest BCUT2D eigenvalue weighted by Gasteiger charge is 2.35. The fraction of sp³-hybridized carbons (Fsp3) is 0.192. The van der Waals surface area contributed by atoms with Gasteiger partial charge < -0.3 is 19.1 Å². The Morgan fingerprint density at radius 3 is 2.81 bits per heavy atom. The van der Waals surface area contributed by atoms with E-state index in [1.165, 1.54) is 17.0 Å². The van der Waals surface area contributed by atoms with E-state index in [0.29, 0.717) is 33.8 Å². The van der Waals surface area contributed by atoms with Crippen LogP contribution in [-0.2, 0) is 22.6 Å².